The van der Waals surface area contributed by atoms with Crippen LogP contribution in [0.2, 0.25) is 0 Å². The van der Waals surface area contributed by atoms with Gasteiger partial charge >= 0.3 is 0 Å². The van der Waals surface area contributed by atoms with Crippen molar-refractivity contribution in [1.82, 2.24) is 14.8 Å². The highest BCUT2D eigenvalue weighted by atomic mass is 19.1. The van der Waals surface area contributed by atoms with Gasteiger partial charge in [0.1, 0.15) is 17.9 Å². The SMILES string of the molecule is Cc1[nH]c(=O)c(C(=O)N2CCN(Cc3cccc(F)c3)C(=O)C2)c(C)c1C. The highest BCUT2D eigenvalue weighted by molar-refractivity contribution is 5.98. The van der Waals surface area contributed by atoms with Gasteiger partial charge in [0, 0.05) is 25.3 Å². The predicted molar refractivity (Wildman–Crippen MR) is 99.0 cm³/mol. The summed E-state index contributed by atoms with van der Waals surface area (Å²) >= 11 is 0. The molecule has 0 spiro atoms. The number of carbonyl (C=O) groups excluding carboxylic acids is 2. The lowest BCUT2D eigenvalue weighted by molar-refractivity contribution is -0.135. The fourth-order valence-electron chi connectivity index (χ4n) is 3.29. The molecule has 6 nitrogen and oxygen atoms in total. The van der Waals surface area contributed by atoms with Gasteiger partial charge in [-0.05, 0) is 49.6 Å². The Balaban J connectivity index is 1.75. The molecule has 2 aromatic rings. The second-order valence-electron chi connectivity index (χ2n) is 6.88. The summed E-state index contributed by atoms with van der Waals surface area (Å²) in [5.74, 6) is -1.01. The lowest BCUT2D eigenvalue weighted by Gasteiger charge is -2.34. The van der Waals surface area contributed by atoms with Gasteiger partial charge in [-0.1, -0.05) is 12.1 Å². The van der Waals surface area contributed by atoms with Crippen LogP contribution in [-0.2, 0) is 11.3 Å². The first-order valence-corrected chi connectivity index (χ1v) is 8.79. The Kier molecular flexibility index (Phi) is 5.12. The molecule has 0 radical (unpaired) electrons. The largest absolute Gasteiger partial charge is 0.335 e. The van der Waals surface area contributed by atoms with E-state index in [-0.39, 0.29) is 23.8 Å². The van der Waals surface area contributed by atoms with Gasteiger partial charge in [-0.3, -0.25) is 14.4 Å². The summed E-state index contributed by atoms with van der Waals surface area (Å²) in [4.78, 5) is 43.3. The number of H-pyrrole nitrogens is 1. The molecule has 27 heavy (non-hydrogen) atoms. The molecular weight excluding hydrogens is 349 g/mol. The zero-order valence-electron chi connectivity index (χ0n) is 15.6. The van der Waals surface area contributed by atoms with Crippen molar-refractivity contribution in [3.63, 3.8) is 0 Å². The molecule has 1 aliphatic heterocycles. The van der Waals surface area contributed by atoms with E-state index >= 15 is 0 Å². The van der Waals surface area contributed by atoms with Gasteiger partial charge in [0.2, 0.25) is 5.91 Å². The third-order valence-electron chi connectivity index (χ3n) is 5.11. The van der Waals surface area contributed by atoms with Crippen LogP contribution in [0.5, 0.6) is 0 Å². The molecule has 2 heterocycles. The van der Waals surface area contributed by atoms with Gasteiger partial charge in [0.05, 0.1) is 0 Å². The second-order valence-corrected chi connectivity index (χ2v) is 6.88. The number of hydrogen-bond donors (Lipinski definition) is 1. The number of nitrogens with one attached hydrogen (secondary N) is 1. The minimum absolute atomic E-state index is 0.0875. The van der Waals surface area contributed by atoms with Crippen LogP contribution in [0.4, 0.5) is 4.39 Å². The van der Waals surface area contributed by atoms with E-state index in [1.165, 1.54) is 17.0 Å². The van der Waals surface area contributed by atoms with Crippen molar-refractivity contribution in [3.05, 3.63) is 68.4 Å². The molecule has 0 bridgehead atoms. The number of benzene rings is 1. The molecule has 0 atom stereocenters. The van der Waals surface area contributed by atoms with E-state index < -0.39 is 11.5 Å². The molecule has 7 heteroatoms. The molecule has 3 rings (SSSR count). The summed E-state index contributed by atoms with van der Waals surface area (Å²) in [6.07, 6.45) is 0. The normalized spacial score (nSPS) is 14.6. The van der Waals surface area contributed by atoms with E-state index in [4.69, 9.17) is 0 Å². The van der Waals surface area contributed by atoms with E-state index in [0.717, 1.165) is 11.3 Å². The second kappa shape index (κ2) is 7.34. The average molecular weight is 371 g/mol. The molecule has 1 N–H and O–H groups in total. The number of amides is 2. The summed E-state index contributed by atoms with van der Waals surface area (Å²) < 4.78 is 13.3. The third-order valence-corrected chi connectivity index (χ3v) is 5.11. The summed E-state index contributed by atoms with van der Waals surface area (Å²) in [6, 6.07) is 6.10. The highest BCUT2D eigenvalue weighted by Crippen LogP contribution is 2.16. The van der Waals surface area contributed by atoms with Crippen LogP contribution >= 0.6 is 0 Å². The smallest absolute Gasteiger partial charge is 0.261 e. The van der Waals surface area contributed by atoms with Crippen LogP contribution in [0, 0.1) is 26.6 Å². The number of carbonyl (C=O) groups is 2. The van der Waals surface area contributed by atoms with Gasteiger partial charge in [0.15, 0.2) is 0 Å². The number of aryl methyl sites for hydroxylation is 1. The number of hydrogen-bond acceptors (Lipinski definition) is 3. The van der Waals surface area contributed by atoms with Crippen LogP contribution in [0.25, 0.3) is 0 Å². The number of aromatic nitrogens is 1. The quantitative estimate of drug-likeness (QED) is 0.896. The number of pyridine rings is 1. The first-order valence-electron chi connectivity index (χ1n) is 8.79. The number of aromatic amines is 1. The maximum atomic E-state index is 13.3. The maximum Gasteiger partial charge on any atom is 0.261 e. The zero-order chi connectivity index (χ0) is 19.7. The minimum Gasteiger partial charge on any atom is -0.335 e. The Morgan fingerprint density at radius 3 is 2.56 bits per heavy atom. The number of nitrogens with zero attached hydrogens (tertiary/aromatic N) is 2. The van der Waals surface area contributed by atoms with Crippen molar-refractivity contribution in [2.45, 2.75) is 27.3 Å². The molecule has 1 aliphatic rings. The van der Waals surface area contributed by atoms with Gasteiger partial charge in [-0.2, -0.15) is 0 Å². The third kappa shape index (κ3) is 3.77. The van der Waals surface area contributed by atoms with Crippen LogP contribution < -0.4 is 5.56 Å². The molecule has 1 saturated heterocycles. The minimum atomic E-state index is -0.435. The first kappa shape index (κ1) is 18.8. The summed E-state index contributed by atoms with van der Waals surface area (Å²) in [5, 5.41) is 0. The van der Waals surface area contributed by atoms with Gasteiger partial charge < -0.3 is 14.8 Å². The molecular formula is C20H22FN3O3. The van der Waals surface area contributed by atoms with Crippen molar-refractivity contribution in [1.29, 1.82) is 0 Å². The molecule has 1 aromatic carbocycles. The van der Waals surface area contributed by atoms with Crippen molar-refractivity contribution < 1.29 is 14.0 Å². The number of halogens is 1. The first-order chi connectivity index (χ1) is 12.8. The average Bonchev–Trinajstić information content (AvgIpc) is 2.61. The van der Waals surface area contributed by atoms with Crippen LogP contribution in [0.15, 0.2) is 29.1 Å². The summed E-state index contributed by atoms with van der Waals surface area (Å²) in [5.41, 5.74) is 2.57. The van der Waals surface area contributed by atoms with Crippen LogP contribution in [0.3, 0.4) is 0 Å². The zero-order valence-corrected chi connectivity index (χ0v) is 15.6. The molecule has 1 fully saturated rings. The molecule has 0 unspecified atom stereocenters. The van der Waals surface area contributed by atoms with E-state index in [1.807, 2.05) is 6.92 Å². The van der Waals surface area contributed by atoms with E-state index in [2.05, 4.69) is 4.98 Å². The number of rotatable bonds is 3. The lowest BCUT2D eigenvalue weighted by Crippen LogP contribution is -2.52. The summed E-state index contributed by atoms with van der Waals surface area (Å²) in [7, 11) is 0. The summed E-state index contributed by atoms with van der Waals surface area (Å²) in [6.45, 7) is 6.23. The fourth-order valence-corrected chi connectivity index (χ4v) is 3.29. The van der Waals surface area contributed by atoms with E-state index in [9.17, 15) is 18.8 Å². The monoisotopic (exact) mass is 371 g/mol. The Morgan fingerprint density at radius 2 is 1.89 bits per heavy atom. The van der Waals surface area contributed by atoms with Crippen LogP contribution in [0.1, 0.15) is 32.7 Å². The Hall–Kier alpha value is -2.96. The molecule has 1 aromatic heterocycles. The molecule has 2 amide bonds. The predicted octanol–water partition coefficient (Wildman–Crippen LogP) is 1.92. The fraction of sp³-hybridized carbons (Fsp3) is 0.350. The van der Waals surface area contributed by atoms with E-state index in [0.29, 0.717) is 30.8 Å². The topological polar surface area (TPSA) is 73.5 Å². The van der Waals surface area contributed by atoms with Gasteiger partial charge in [-0.25, -0.2) is 4.39 Å². The standard InChI is InChI=1S/C20H22FN3O3/c1-12-13(2)18(19(26)22-14(12)3)20(27)24-8-7-23(17(25)11-24)10-15-5-4-6-16(21)9-15/h4-6,9H,7-8,10-11H2,1-3H3,(H,22,26). The number of piperazine rings is 1. The van der Waals surface area contributed by atoms with Crippen LogP contribution in [-0.4, -0.2) is 46.2 Å². The Bertz CT molecular complexity index is 967. The Labute approximate surface area is 156 Å². The molecule has 0 saturated carbocycles. The highest BCUT2D eigenvalue weighted by Gasteiger charge is 2.30. The van der Waals surface area contributed by atoms with Crippen molar-refractivity contribution in [3.8, 4) is 0 Å². The molecule has 142 valence electrons. The van der Waals surface area contributed by atoms with E-state index in [1.54, 1.807) is 30.9 Å². The molecule has 0 aliphatic carbocycles. The Morgan fingerprint density at radius 1 is 1.15 bits per heavy atom. The van der Waals surface area contributed by atoms with Crippen molar-refractivity contribution in [2.24, 2.45) is 0 Å². The van der Waals surface area contributed by atoms with Crippen molar-refractivity contribution >= 4 is 11.8 Å². The van der Waals surface area contributed by atoms with Crippen molar-refractivity contribution in [2.75, 3.05) is 19.6 Å². The van der Waals surface area contributed by atoms with Gasteiger partial charge in [-0.15, -0.1) is 0 Å². The van der Waals surface area contributed by atoms with Gasteiger partial charge in [0.25, 0.3) is 11.5 Å². The lowest BCUT2D eigenvalue weighted by atomic mass is 10.0. The maximum absolute atomic E-state index is 13.3.